The van der Waals surface area contributed by atoms with Gasteiger partial charge >= 0.3 is 0 Å². The Morgan fingerprint density at radius 3 is 1.84 bits per heavy atom. The third-order valence-corrected chi connectivity index (χ3v) is 6.66. The first kappa shape index (κ1) is 19.5. The number of rotatable bonds is 7. The molecular weight excluding hydrogens is 332 g/mol. The zero-order chi connectivity index (χ0) is 18.7. The first-order chi connectivity index (χ1) is 11.7. The normalized spacial score (nSPS) is 13.5. The molecule has 4 heteroatoms. The molecule has 0 heterocycles. The van der Waals surface area contributed by atoms with E-state index >= 15 is 0 Å². The molecule has 0 N–H and O–H groups in total. The van der Waals surface area contributed by atoms with Gasteiger partial charge in [-0.2, -0.15) is 0 Å². The van der Waals surface area contributed by atoms with E-state index in [1.54, 1.807) is 36.4 Å². The lowest BCUT2D eigenvalue weighted by Crippen LogP contribution is -2.15. The summed E-state index contributed by atoms with van der Waals surface area (Å²) < 4.78 is 31.3. The summed E-state index contributed by atoms with van der Waals surface area (Å²) in [6.45, 7) is 10.5. The highest BCUT2D eigenvalue weighted by molar-refractivity contribution is 7.91. The maximum atomic E-state index is 12.8. The third-order valence-electron chi connectivity index (χ3n) is 4.88. The van der Waals surface area contributed by atoms with E-state index in [-0.39, 0.29) is 16.4 Å². The lowest BCUT2D eigenvalue weighted by molar-refractivity contribution is 0.217. The standard InChI is InChI=1S/C21H28O3S/c1-6-16(3)24-18-10-14-20(15-11-18)25(22,23)19-12-8-17(9-13-19)21(4,5)7-2/h8-16H,6-7H2,1-5H3. The van der Waals surface area contributed by atoms with Gasteiger partial charge in [-0.3, -0.25) is 0 Å². The van der Waals surface area contributed by atoms with Gasteiger partial charge in [-0.15, -0.1) is 0 Å². The quantitative estimate of drug-likeness (QED) is 0.665. The van der Waals surface area contributed by atoms with Crippen molar-refractivity contribution in [1.29, 1.82) is 0 Å². The number of hydrogen-bond acceptors (Lipinski definition) is 3. The van der Waals surface area contributed by atoms with Crippen LogP contribution >= 0.6 is 0 Å². The molecule has 0 fully saturated rings. The summed E-state index contributed by atoms with van der Waals surface area (Å²) in [6.07, 6.45) is 2.01. The van der Waals surface area contributed by atoms with Crippen molar-refractivity contribution < 1.29 is 13.2 Å². The largest absolute Gasteiger partial charge is 0.491 e. The minimum atomic E-state index is -3.51. The molecule has 2 aromatic carbocycles. The predicted octanol–water partition coefficient (Wildman–Crippen LogP) is 5.38. The van der Waals surface area contributed by atoms with E-state index in [9.17, 15) is 8.42 Å². The van der Waals surface area contributed by atoms with Gasteiger partial charge in [0.15, 0.2) is 0 Å². The van der Waals surface area contributed by atoms with Crippen molar-refractivity contribution in [2.24, 2.45) is 0 Å². The monoisotopic (exact) mass is 360 g/mol. The molecule has 0 bridgehead atoms. The molecule has 0 saturated heterocycles. The van der Waals surface area contributed by atoms with E-state index in [1.165, 1.54) is 0 Å². The second-order valence-corrected chi connectivity index (χ2v) is 9.02. The van der Waals surface area contributed by atoms with Crippen LogP contribution in [0, 0.1) is 0 Å². The molecule has 0 spiro atoms. The van der Waals surface area contributed by atoms with Gasteiger partial charge in [0.1, 0.15) is 5.75 Å². The Kier molecular flexibility index (Phi) is 5.94. The van der Waals surface area contributed by atoms with Crippen LogP contribution in [0.5, 0.6) is 5.75 Å². The van der Waals surface area contributed by atoms with Gasteiger partial charge in [-0.1, -0.05) is 39.8 Å². The predicted molar refractivity (Wildman–Crippen MR) is 102 cm³/mol. The minimum absolute atomic E-state index is 0.0389. The first-order valence-electron chi connectivity index (χ1n) is 8.83. The van der Waals surface area contributed by atoms with Crippen molar-refractivity contribution in [3.63, 3.8) is 0 Å². The van der Waals surface area contributed by atoms with Crippen LogP contribution in [0.25, 0.3) is 0 Å². The first-order valence-corrected chi connectivity index (χ1v) is 10.3. The molecule has 0 aliphatic heterocycles. The summed E-state index contributed by atoms with van der Waals surface area (Å²) in [4.78, 5) is 0.602. The van der Waals surface area contributed by atoms with Crippen LogP contribution in [0.15, 0.2) is 58.3 Å². The number of sulfone groups is 1. The molecule has 136 valence electrons. The zero-order valence-electron chi connectivity index (χ0n) is 15.7. The van der Waals surface area contributed by atoms with Crippen LogP contribution in [0.4, 0.5) is 0 Å². The SMILES string of the molecule is CCC(C)Oc1ccc(S(=O)(=O)c2ccc(C(C)(C)CC)cc2)cc1. The van der Waals surface area contributed by atoms with Crippen LogP contribution < -0.4 is 4.74 Å². The molecule has 1 atom stereocenters. The Morgan fingerprint density at radius 2 is 1.40 bits per heavy atom. The molecule has 0 aliphatic carbocycles. The van der Waals surface area contributed by atoms with Crippen LogP contribution in [-0.2, 0) is 15.3 Å². The molecule has 0 aromatic heterocycles. The summed E-state index contributed by atoms with van der Waals surface area (Å²) in [6, 6.07) is 13.9. The fraction of sp³-hybridized carbons (Fsp3) is 0.429. The van der Waals surface area contributed by atoms with E-state index in [0.29, 0.717) is 10.6 Å². The molecule has 0 aliphatic rings. The molecule has 2 aromatic rings. The van der Waals surface area contributed by atoms with E-state index < -0.39 is 9.84 Å². The van der Waals surface area contributed by atoms with E-state index in [1.807, 2.05) is 26.0 Å². The van der Waals surface area contributed by atoms with E-state index in [2.05, 4.69) is 20.8 Å². The zero-order valence-corrected chi connectivity index (χ0v) is 16.6. The van der Waals surface area contributed by atoms with Gasteiger partial charge in [-0.25, -0.2) is 8.42 Å². The van der Waals surface area contributed by atoms with Gasteiger partial charge in [0.25, 0.3) is 0 Å². The van der Waals surface area contributed by atoms with Crippen LogP contribution in [-0.4, -0.2) is 14.5 Å². The second kappa shape index (κ2) is 7.61. The molecule has 0 amide bonds. The average Bonchev–Trinajstić information content (AvgIpc) is 2.62. The maximum absolute atomic E-state index is 12.8. The topological polar surface area (TPSA) is 43.4 Å². The molecule has 1 unspecified atom stereocenters. The van der Waals surface area contributed by atoms with E-state index in [4.69, 9.17) is 4.74 Å². The molecule has 0 saturated carbocycles. The Morgan fingerprint density at radius 1 is 0.920 bits per heavy atom. The number of benzene rings is 2. The van der Waals surface area contributed by atoms with Crippen molar-refractivity contribution in [2.45, 2.75) is 68.8 Å². The second-order valence-electron chi connectivity index (χ2n) is 7.07. The van der Waals surface area contributed by atoms with Gasteiger partial charge in [-0.05, 0) is 67.1 Å². The van der Waals surface area contributed by atoms with Crippen LogP contribution in [0.3, 0.4) is 0 Å². The highest BCUT2D eigenvalue weighted by Crippen LogP contribution is 2.29. The van der Waals surface area contributed by atoms with E-state index in [0.717, 1.165) is 18.4 Å². The lowest BCUT2D eigenvalue weighted by Gasteiger charge is -2.23. The van der Waals surface area contributed by atoms with Crippen molar-refractivity contribution in [3.8, 4) is 5.75 Å². The molecular formula is C21H28O3S. The Labute approximate surface area is 152 Å². The summed E-state index contributed by atoms with van der Waals surface area (Å²) in [5.74, 6) is 0.688. The van der Waals surface area contributed by atoms with Crippen molar-refractivity contribution in [1.82, 2.24) is 0 Å². The average molecular weight is 361 g/mol. The third kappa shape index (κ3) is 4.43. The van der Waals surface area contributed by atoms with Crippen LogP contribution in [0.2, 0.25) is 0 Å². The Balaban J connectivity index is 2.26. The van der Waals surface area contributed by atoms with Crippen molar-refractivity contribution in [3.05, 3.63) is 54.1 Å². The highest BCUT2D eigenvalue weighted by atomic mass is 32.2. The fourth-order valence-electron chi connectivity index (χ4n) is 2.44. The summed E-state index contributed by atoms with van der Waals surface area (Å²) in [5, 5.41) is 0. The fourth-order valence-corrected chi connectivity index (χ4v) is 3.70. The summed E-state index contributed by atoms with van der Waals surface area (Å²) in [5.41, 5.74) is 1.18. The summed E-state index contributed by atoms with van der Waals surface area (Å²) >= 11 is 0. The molecule has 2 rings (SSSR count). The van der Waals surface area contributed by atoms with Crippen molar-refractivity contribution in [2.75, 3.05) is 0 Å². The van der Waals surface area contributed by atoms with Gasteiger partial charge < -0.3 is 4.74 Å². The number of hydrogen-bond donors (Lipinski definition) is 0. The Bertz CT molecular complexity index is 788. The summed E-state index contributed by atoms with van der Waals surface area (Å²) in [7, 11) is -3.51. The van der Waals surface area contributed by atoms with Gasteiger partial charge in [0, 0.05) is 0 Å². The van der Waals surface area contributed by atoms with Gasteiger partial charge in [0.05, 0.1) is 15.9 Å². The van der Waals surface area contributed by atoms with Crippen molar-refractivity contribution >= 4 is 9.84 Å². The smallest absolute Gasteiger partial charge is 0.206 e. The highest BCUT2D eigenvalue weighted by Gasteiger charge is 2.21. The van der Waals surface area contributed by atoms with Gasteiger partial charge in [0.2, 0.25) is 9.84 Å². The van der Waals surface area contributed by atoms with Crippen LogP contribution in [0.1, 0.15) is 53.0 Å². The maximum Gasteiger partial charge on any atom is 0.206 e. The molecule has 0 radical (unpaired) electrons. The number of ether oxygens (including phenoxy) is 1. The molecule has 25 heavy (non-hydrogen) atoms. The minimum Gasteiger partial charge on any atom is -0.491 e. The lowest BCUT2D eigenvalue weighted by atomic mass is 9.82. The molecule has 3 nitrogen and oxygen atoms in total. The Hall–Kier alpha value is -1.81.